The number of hydrogen-bond acceptors (Lipinski definition) is 2. The van der Waals surface area contributed by atoms with Crippen molar-refractivity contribution in [2.24, 2.45) is 0 Å². The van der Waals surface area contributed by atoms with E-state index in [1.165, 1.54) is 6.07 Å². The van der Waals surface area contributed by atoms with Gasteiger partial charge in [0.05, 0.1) is 18.7 Å². The number of rotatable bonds is 2. The molecule has 0 atom stereocenters. The SMILES string of the molecule is Cc1ccc(C(=O)N2CCN(c3ccc(C(F)(F)F)c[nH+]3)CC2)cc1C. The number of benzene rings is 1. The number of H-pyrrole nitrogens is 1. The summed E-state index contributed by atoms with van der Waals surface area (Å²) in [5.74, 6) is 0.612. The summed E-state index contributed by atoms with van der Waals surface area (Å²) >= 11 is 0. The Hall–Kier alpha value is -2.57. The topological polar surface area (TPSA) is 37.7 Å². The van der Waals surface area contributed by atoms with Crippen LogP contribution in [0.15, 0.2) is 36.5 Å². The van der Waals surface area contributed by atoms with E-state index in [4.69, 9.17) is 0 Å². The van der Waals surface area contributed by atoms with E-state index in [1.807, 2.05) is 36.9 Å². The van der Waals surface area contributed by atoms with Crippen LogP contribution in [0.4, 0.5) is 19.0 Å². The van der Waals surface area contributed by atoms with E-state index in [9.17, 15) is 18.0 Å². The molecule has 1 fully saturated rings. The largest absolute Gasteiger partial charge is 0.419 e. The number of alkyl halides is 3. The molecule has 1 aliphatic rings. The fourth-order valence-corrected chi connectivity index (χ4v) is 3.00. The van der Waals surface area contributed by atoms with Gasteiger partial charge in [0.15, 0.2) is 0 Å². The molecule has 1 saturated heterocycles. The Morgan fingerprint density at radius 2 is 1.69 bits per heavy atom. The number of carbonyl (C=O) groups excluding carboxylic acids is 1. The minimum atomic E-state index is -4.35. The summed E-state index contributed by atoms with van der Waals surface area (Å²) in [6.07, 6.45) is -3.38. The molecule has 3 rings (SSSR count). The lowest BCUT2D eigenvalue weighted by Crippen LogP contribution is -2.50. The van der Waals surface area contributed by atoms with E-state index >= 15 is 0 Å². The van der Waals surface area contributed by atoms with Gasteiger partial charge in [-0.15, -0.1) is 0 Å². The minimum Gasteiger partial charge on any atom is -0.331 e. The molecule has 1 N–H and O–H groups in total. The van der Waals surface area contributed by atoms with Crippen LogP contribution in [-0.4, -0.2) is 37.0 Å². The van der Waals surface area contributed by atoms with Crippen molar-refractivity contribution >= 4 is 11.7 Å². The summed E-state index contributed by atoms with van der Waals surface area (Å²) in [5.41, 5.74) is 2.19. The van der Waals surface area contributed by atoms with Crippen LogP contribution in [0.3, 0.4) is 0 Å². The van der Waals surface area contributed by atoms with Gasteiger partial charge in [0, 0.05) is 11.6 Å². The highest BCUT2D eigenvalue weighted by Gasteiger charge is 2.33. The monoisotopic (exact) mass is 364 g/mol. The predicted molar refractivity (Wildman–Crippen MR) is 92.0 cm³/mol. The number of nitrogens with zero attached hydrogens (tertiary/aromatic N) is 2. The zero-order valence-electron chi connectivity index (χ0n) is 14.7. The third kappa shape index (κ3) is 3.81. The highest BCUT2D eigenvalue weighted by Crippen LogP contribution is 2.28. The van der Waals surface area contributed by atoms with E-state index in [0.29, 0.717) is 37.6 Å². The van der Waals surface area contributed by atoms with Crippen LogP contribution in [0.25, 0.3) is 0 Å². The van der Waals surface area contributed by atoms with Gasteiger partial charge >= 0.3 is 6.18 Å². The highest BCUT2D eigenvalue weighted by atomic mass is 19.4. The first-order valence-corrected chi connectivity index (χ1v) is 8.46. The molecule has 7 heteroatoms. The summed E-state index contributed by atoms with van der Waals surface area (Å²) in [4.78, 5) is 19.1. The van der Waals surface area contributed by atoms with Crippen LogP contribution in [0.2, 0.25) is 0 Å². The number of aromatic nitrogens is 1. The molecule has 1 aromatic heterocycles. The molecule has 1 aromatic carbocycles. The maximum atomic E-state index is 12.6. The molecule has 2 aromatic rings. The second-order valence-electron chi connectivity index (χ2n) is 6.54. The first-order chi connectivity index (χ1) is 12.3. The van der Waals surface area contributed by atoms with Crippen molar-refractivity contribution in [2.45, 2.75) is 20.0 Å². The minimum absolute atomic E-state index is 0.0100. The van der Waals surface area contributed by atoms with Gasteiger partial charge in [0.1, 0.15) is 19.3 Å². The van der Waals surface area contributed by atoms with Crippen molar-refractivity contribution in [1.82, 2.24) is 4.90 Å². The van der Waals surface area contributed by atoms with Crippen molar-refractivity contribution in [3.8, 4) is 0 Å². The van der Waals surface area contributed by atoms with Crippen LogP contribution in [0, 0.1) is 13.8 Å². The van der Waals surface area contributed by atoms with Crippen molar-refractivity contribution < 1.29 is 22.9 Å². The molecule has 0 bridgehead atoms. The number of carbonyl (C=O) groups is 1. The Labute approximate surface area is 150 Å². The van der Waals surface area contributed by atoms with Crippen LogP contribution < -0.4 is 9.88 Å². The van der Waals surface area contributed by atoms with Crippen molar-refractivity contribution in [3.63, 3.8) is 0 Å². The molecular formula is C19H21F3N3O+. The number of nitrogens with one attached hydrogen (secondary N) is 1. The Balaban J connectivity index is 1.63. The van der Waals surface area contributed by atoms with Crippen LogP contribution in [0.1, 0.15) is 27.0 Å². The Morgan fingerprint density at radius 1 is 1.00 bits per heavy atom. The highest BCUT2D eigenvalue weighted by molar-refractivity contribution is 5.94. The van der Waals surface area contributed by atoms with Gasteiger partial charge < -0.3 is 4.90 Å². The maximum absolute atomic E-state index is 12.6. The van der Waals surface area contributed by atoms with E-state index < -0.39 is 11.7 Å². The molecule has 26 heavy (non-hydrogen) atoms. The third-order valence-corrected chi connectivity index (χ3v) is 4.79. The van der Waals surface area contributed by atoms with Crippen LogP contribution >= 0.6 is 0 Å². The molecular weight excluding hydrogens is 343 g/mol. The zero-order valence-corrected chi connectivity index (χ0v) is 14.7. The number of amides is 1. The first-order valence-electron chi connectivity index (χ1n) is 8.46. The van der Waals surface area contributed by atoms with Gasteiger partial charge in [-0.3, -0.25) is 9.69 Å². The third-order valence-electron chi connectivity index (χ3n) is 4.79. The molecule has 1 aliphatic heterocycles. The number of halogens is 3. The first kappa shape index (κ1) is 18.2. The van der Waals surface area contributed by atoms with Crippen molar-refractivity contribution in [3.05, 3.63) is 58.8 Å². The normalized spacial score (nSPS) is 15.3. The van der Waals surface area contributed by atoms with Crippen molar-refractivity contribution in [2.75, 3.05) is 31.1 Å². The van der Waals surface area contributed by atoms with Gasteiger partial charge in [-0.05, 0) is 43.2 Å². The van der Waals surface area contributed by atoms with E-state index in [1.54, 1.807) is 4.90 Å². The average Bonchev–Trinajstić information content (AvgIpc) is 2.63. The van der Waals surface area contributed by atoms with Crippen LogP contribution in [0.5, 0.6) is 0 Å². The lowest BCUT2D eigenvalue weighted by molar-refractivity contribution is -0.367. The molecule has 0 saturated carbocycles. The molecule has 0 radical (unpaired) electrons. The van der Waals surface area contributed by atoms with E-state index in [2.05, 4.69) is 4.98 Å². The summed E-state index contributed by atoms with van der Waals surface area (Å²) in [7, 11) is 0. The number of aryl methyl sites for hydroxylation is 2. The van der Waals surface area contributed by atoms with Crippen LogP contribution in [-0.2, 0) is 6.18 Å². The second-order valence-corrected chi connectivity index (χ2v) is 6.54. The lowest BCUT2D eigenvalue weighted by atomic mass is 10.1. The van der Waals surface area contributed by atoms with E-state index in [0.717, 1.165) is 23.4 Å². The lowest BCUT2D eigenvalue weighted by Gasteiger charge is -2.31. The summed E-state index contributed by atoms with van der Waals surface area (Å²) < 4.78 is 37.9. The Morgan fingerprint density at radius 3 is 2.23 bits per heavy atom. The van der Waals surface area contributed by atoms with Gasteiger partial charge in [0.25, 0.3) is 11.7 Å². The standard InChI is InChI=1S/C19H20F3N3O/c1-13-3-4-15(11-14(13)2)18(26)25-9-7-24(8-10-25)17-6-5-16(12-23-17)19(20,21)22/h3-6,11-12H,7-10H2,1-2H3/p+1. The van der Waals surface area contributed by atoms with E-state index in [-0.39, 0.29) is 5.91 Å². The molecule has 4 nitrogen and oxygen atoms in total. The quantitative estimate of drug-likeness (QED) is 0.821. The predicted octanol–water partition coefficient (Wildman–Crippen LogP) is 3.10. The number of pyridine rings is 1. The van der Waals surface area contributed by atoms with Gasteiger partial charge in [0.2, 0.25) is 0 Å². The molecule has 2 heterocycles. The van der Waals surface area contributed by atoms with Gasteiger partial charge in [-0.2, -0.15) is 13.2 Å². The number of anilines is 1. The summed E-state index contributed by atoms with van der Waals surface area (Å²) in [6, 6.07) is 8.17. The maximum Gasteiger partial charge on any atom is 0.419 e. The second kappa shape index (κ2) is 6.97. The molecule has 1 amide bonds. The fourth-order valence-electron chi connectivity index (χ4n) is 3.00. The van der Waals surface area contributed by atoms with Crippen molar-refractivity contribution in [1.29, 1.82) is 0 Å². The zero-order chi connectivity index (χ0) is 18.9. The molecule has 0 unspecified atom stereocenters. The Kier molecular flexibility index (Phi) is 4.89. The summed E-state index contributed by atoms with van der Waals surface area (Å²) in [5, 5.41) is 0. The number of hydrogen-bond donors (Lipinski definition) is 0. The molecule has 0 spiro atoms. The Bertz CT molecular complexity index is 795. The molecule has 138 valence electrons. The molecule has 0 aliphatic carbocycles. The van der Waals surface area contributed by atoms with Gasteiger partial charge in [-0.25, -0.2) is 4.98 Å². The smallest absolute Gasteiger partial charge is 0.331 e. The number of aromatic amines is 1. The average molecular weight is 364 g/mol. The van der Waals surface area contributed by atoms with Gasteiger partial charge in [-0.1, -0.05) is 6.07 Å². The number of piperazine rings is 1. The fraction of sp³-hybridized carbons (Fsp3) is 0.368. The summed E-state index contributed by atoms with van der Waals surface area (Å²) in [6.45, 7) is 6.17.